The summed E-state index contributed by atoms with van der Waals surface area (Å²) in [5.41, 5.74) is 1.21. The molecule has 0 spiro atoms. The molecule has 1 saturated carbocycles. The van der Waals surface area contributed by atoms with Gasteiger partial charge in [0, 0.05) is 25.6 Å². The Morgan fingerprint density at radius 3 is 2.62 bits per heavy atom. The first-order valence-electron chi connectivity index (χ1n) is 11.9. The van der Waals surface area contributed by atoms with E-state index in [0.717, 1.165) is 44.5 Å². The summed E-state index contributed by atoms with van der Waals surface area (Å²) in [4.78, 5) is 30.3. The van der Waals surface area contributed by atoms with Crippen LogP contribution in [-0.2, 0) is 20.9 Å². The van der Waals surface area contributed by atoms with Gasteiger partial charge in [0.2, 0.25) is 11.8 Å². The van der Waals surface area contributed by atoms with Crippen LogP contribution in [0.1, 0.15) is 56.3 Å². The molecule has 6 heteroatoms. The number of unbranched alkanes of at least 4 members (excludes halogenated alkanes) is 1. The molecule has 0 radical (unpaired) electrons. The first-order valence-corrected chi connectivity index (χ1v) is 11.9. The molecule has 2 heterocycles. The Morgan fingerprint density at radius 1 is 1.09 bits per heavy atom. The summed E-state index contributed by atoms with van der Waals surface area (Å²) in [6, 6.07) is 13.9. The molecule has 32 heavy (non-hydrogen) atoms. The van der Waals surface area contributed by atoms with Crippen molar-refractivity contribution in [2.45, 2.75) is 57.6 Å². The summed E-state index contributed by atoms with van der Waals surface area (Å²) >= 11 is 0. The average molecular weight is 439 g/mol. The van der Waals surface area contributed by atoms with Crippen molar-refractivity contribution in [3.63, 3.8) is 0 Å². The molecule has 172 valence electrons. The smallest absolute Gasteiger partial charge is 0.242 e. The molecule has 1 saturated heterocycles. The van der Waals surface area contributed by atoms with Gasteiger partial charge in [-0.2, -0.15) is 0 Å². The first-order chi connectivity index (χ1) is 15.7. The molecule has 4 rings (SSSR count). The number of furan rings is 1. The van der Waals surface area contributed by atoms with E-state index >= 15 is 0 Å². The largest absolute Gasteiger partial charge is 0.467 e. The summed E-state index contributed by atoms with van der Waals surface area (Å²) in [6.45, 7) is 4.52. The normalized spacial score (nSPS) is 22.0. The van der Waals surface area contributed by atoms with Crippen LogP contribution >= 0.6 is 0 Å². The third-order valence-corrected chi connectivity index (χ3v) is 6.48. The fraction of sp³-hybridized carbons (Fsp3) is 0.538. The molecule has 1 aliphatic heterocycles. The van der Waals surface area contributed by atoms with E-state index in [-0.39, 0.29) is 36.3 Å². The highest BCUT2D eigenvalue weighted by atomic mass is 16.5. The van der Waals surface area contributed by atoms with Crippen LogP contribution in [0, 0.1) is 5.92 Å². The maximum absolute atomic E-state index is 13.4. The lowest BCUT2D eigenvalue weighted by atomic mass is 10.1. The standard InChI is InChI=1S/C26H34N2O4/c1-2-3-13-27(26(30)24-16-23(24)20-9-5-4-6-10-20)19-25(29)28(17-21-11-7-14-31-21)18-22-12-8-15-32-22/h4-7,9-11,14,22-24H,2-3,8,12-13,15-19H2,1H3. The van der Waals surface area contributed by atoms with Crippen LogP contribution in [0.3, 0.4) is 0 Å². The van der Waals surface area contributed by atoms with Gasteiger partial charge in [0.25, 0.3) is 0 Å². The van der Waals surface area contributed by atoms with Crippen LogP contribution in [0.5, 0.6) is 0 Å². The highest BCUT2D eigenvalue weighted by Crippen LogP contribution is 2.48. The second-order valence-electron chi connectivity index (χ2n) is 8.96. The maximum Gasteiger partial charge on any atom is 0.242 e. The molecule has 0 N–H and O–H groups in total. The molecular formula is C26H34N2O4. The number of amides is 2. The summed E-state index contributed by atoms with van der Waals surface area (Å²) in [5, 5.41) is 0. The van der Waals surface area contributed by atoms with Crippen molar-refractivity contribution in [2.24, 2.45) is 5.92 Å². The van der Waals surface area contributed by atoms with Crippen molar-refractivity contribution in [3.05, 3.63) is 60.1 Å². The first kappa shape index (κ1) is 22.6. The summed E-state index contributed by atoms with van der Waals surface area (Å²) in [6.07, 6.45) is 6.41. The van der Waals surface area contributed by atoms with Crippen molar-refractivity contribution in [3.8, 4) is 0 Å². The quantitative estimate of drug-likeness (QED) is 0.527. The van der Waals surface area contributed by atoms with E-state index in [9.17, 15) is 9.59 Å². The third-order valence-electron chi connectivity index (χ3n) is 6.48. The topological polar surface area (TPSA) is 63.0 Å². The Kier molecular flexibility index (Phi) is 7.63. The number of ether oxygens (including phenoxy) is 1. The molecule has 0 bridgehead atoms. The molecule has 2 aliphatic rings. The van der Waals surface area contributed by atoms with Crippen molar-refractivity contribution in [1.82, 2.24) is 9.80 Å². The number of hydrogen-bond acceptors (Lipinski definition) is 4. The lowest BCUT2D eigenvalue weighted by Crippen LogP contribution is -2.45. The monoisotopic (exact) mass is 438 g/mol. The SMILES string of the molecule is CCCCN(CC(=O)N(Cc1ccco1)CC1CCCO1)C(=O)C1CC1c1ccccc1. The number of hydrogen-bond donors (Lipinski definition) is 0. The predicted octanol–water partition coefficient (Wildman–Crippen LogP) is 4.22. The highest BCUT2D eigenvalue weighted by Gasteiger charge is 2.46. The lowest BCUT2D eigenvalue weighted by molar-refractivity contribution is -0.142. The summed E-state index contributed by atoms with van der Waals surface area (Å²) < 4.78 is 11.3. The Labute approximate surface area is 190 Å². The lowest BCUT2D eigenvalue weighted by Gasteiger charge is -2.29. The molecule has 2 aromatic rings. The van der Waals surface area contributed by atoms with Gasteiger partial charge in [-0.05, 0) is 49.3 Å². The number of nitrogens with zero attached hydrogens (tertiary/aromatic N) is 2. The van der Waals surface area contributed by atoms with Crippen LogP contribution in [0.4, 0.5) is 0 Å². The zero-order valence-corrected chi connectivity index (χ0v) is 18.9. The zero-order chi connectivity index (χ0) is 22.3. The minimum Gasteiger partial charge on any atom is -0.467 e. The fourth-order valence-corrected chi connectivity index (χ4v) is 4.53. The van der Waals surface area contributed by atoms with E-state index in [1.54, 1.807) is 16.1 Å². The molecule has 1 aromatic carbocycles. The van der Waals surface area contributed by atoms with Gasteiger partial charge in [0.05, 0.1) is 25.5 Å². The summed E-state index contributed by atoms with van der Waals surface area (Å²) in [5.74, 6) is 1.07. The van der Waals surface area contributed by atoms with Gasteiger partial charge in [-0.25, -0.2) is 0 Å². The van der Waals surface area contributed by atoms with E-state index in [0.29, 0.717) is 19.6 Å². The molecule has 2 fully saturated rings. The van der Waals surface area contributed by atoms with Crippen molar-refractivity contribution >= 4 is 11.8 Å². The van der Waals surface area contributed by atoms with Gasteiger partial charge in [0.1, 0.15) is 5.76 Å². The van der Waals surface area contributed by atoms with Gasteiger partial charge >= 0.3 is 0 Å². The zero-order valence-electron chi connectivity index (χ0n) is 18.9. The van der Waals surface area contributed by atoms with Crippen LogP contribution < -0.4 is 0 Å². The minimum absolute atomic E-state index is 0.0151. The average Bonchev–Trinajstić information content (AvgIpc) is 3.16. The minimum atomic E-state index is -0.0433. The van der Waals surface area contributed by atoms with Crippen molar-refractivity contribution in [1.29, 1.82) is 0 Å². The van der Waals surface area contributed by atoms with Crippen LogP contribution in [0.2, 0.25) is 0 Å². The number of carbonyl (C=O) groups excluding carboxylic acids is 2. The van der Waals surface area contributed by atoms with Gasteiger partial charge in [-0.15, -0.1) is 0 Å². The Hall–Kier alpha value is -2.60. The van der Waals surface area contributed by atoms with E-state index in [1.807, 2.05) is 30.3 Å². The predicted molar refractivity (Wildman–Crippen MR) is 122 cm³/mol. The van der Waals surface area contributed by atoms with Gasteiger partial charge in [0.15, 0.2) is 0 Å². The molecule has 1 aromatic heterocycles. The van der Waals surface area contributed by atoms with Crippen LogP contribution in [-0.4, -0.2) is 54.0 Å². The molecular weight excluding hydrogens is 404 g/mol. The summed E-state index contributed by atoms with van der Waals surface area (Å²) in [7, 11) is 0. The van der Waals surface area contributed by atoms with Gasteiger partial charge in [-0.3, -0.25) is 9.59 Å². The third kappa shape index (κ3) is 5.80. The van der Waals surface area contributed by atoms with Crippen LogP contribution in [0.15, 0.2) is 53.1 Å². The Balaban J connectivity index is 1.42. The molecule has 2 amide bonds. The molecule has 3 atom stereocenters. The Morgan fingerprint density at radius 2 is 1.94 bits per heavy atom. The maximum atomic E-state index is 13.4. The van der Waals surface area contributed by atoms with E-state index in [2.05, 4.69) is 19.1 Å². The van der Waals surface area contributed by atoms with Crippen molar-refractivity contribution in [2.75, 3.05) is 26.2 Å². The van der Waals surface area contributed by atoms with Crippen molar-refractivity contribution < 1.29 is 18.7 Å². The van der Waals surface area contributed by atoms with E-state index < -0.39 is 0 Å². The van der Waals surface area contributed by atoms with Gasteiger partial charge in [-0.1, -0.05) is 43.7 Å². The molecule has 3 unspecified atom stereocenters. The highest BCUT2D eigenvalue weighted by molar-refractivity contribution is 5.88. The molecule has 6 nitrogen and oxygen atoms in total. The van der Waals surface area contributed by atoms with E-state index in [1.165, 1.54) is 5.56 Å². The van der Waals surface area contributed by atoms with Crippen LogP contribution in [0.25, 0.3) is 0 Å². The second kappa shape index (κ2) is 10.8. The number of rotatable bonds is 11. The Bertz CT molecular complexity index is 861. The van der Waals surface area contributed by atoms with E-state index in [4.69, 9.17) is 9.15 Å². The number of carbonyl (C=O) groups is 2. The molecule has 1 aliphatic carbocycles. The fourth-order valence-electron chi connectivity index (χ4n) is 4.53. The number of benzene rings is 1. The van der Waals surface area contributed by atoms with Gasteiger partial charge < -0.3 is 19.0 Å². The second-order valence-corrected chi connectivity index (χ2v) is 8.96.